The quantitative estimate of drug-likeness (QED) is 0.552. The van der Waals surface area contributed by atoms with Crippen LogP contribution in [0, 0.1) is 0 Å². The van der Waals surface area contributed by atoms with E-state index in [-0.39, 0.29) is 16.8 Å². The van der Waals surface area contributed by atoms with E-state index in [0.717, 1.165) is 5.02 Å². The van der Waals surface area contributed by atoms with Crippen molar-refractivity contribution in [2.45, 2.75) is 57.2 Å². The highest BCUT2D eigenvalue weighted by Gasteiger charge is 2.53. The third kappa shape index (κ3) is 4.31. The summed E-state index contributed by atoms with van der Waals surface area (Å²) in [6.45, 7) is 13.0. The molecule has 122 valence electrons. The molecule has 0 aliphatic carbocycles. The Morgan fingerprint density at radius 3 is 2.18 bits per heavy atom. The minimum absolute atomic E-state index is 0.199. The van der Waals surface area contributed by atoms with Gasteiger partial charge in [0.2, 0.25) is 0 Å². The van der Waals surface area contributed by atoms with Gasteiger partial charge in [-0.3, -0.25) is 0 Å². The van der Waals surface area contributed by atoms with E-state index in [1.54, 1.807) is 0 Å². The molecular weight excluding hydrogens is 330 g/mol. The third-order valence-corrected chi connectivity index (χ3v) is 6.87. The van der Waals surface area contributed by atoms with Crippen LogP contribution < -0.4 is 0 Å². The van der Waals surface area contributed by atoms with Crippen LogP contribution >= 0.6 is 11.6 Å². The standard InChI is InChI=1S/C17H26ClNOSSi/c1-17(2,3)21(20)19-15(11-12-22(4,5)6)16(19)13-7-9-14(18)10-8-13/h7-12,15-16H,1-6H3/b12-11+. The molecule has 2 nitrogen and oxygen atoms in total. The molecule has 4 atom stereocenters. The van der Waals surface area contributed by atoms with Crippen LogP contribution in [0.15, 0.2) is 36.0 Å². The van der Waals surface area contributed by atoms with Crippen molar-refractivity contribution >= 4 is 30.7 Å². The largest absolute Gasteiger partial charge is 0.242 e. The molecule has 1 fully saturated rings. The lowest BCUT2D eigenvalue weighted by Crippen LogP contribution is -2.28. The van der Waals surface area contributed by atoms with E-state index < -0.39 is 19.1 Å². The van der Waals surface area contributed by atoms with Gasteiger partial charge in [0, 0.05) is 5.02 Å². The Labute approximate surface area is 143 Å². The molecule has 1 aliphatic rings. The number of nitrogens with zero attached hydrogens (tertiary/aromatic N) is 1. The lowest BCUT2D eigenvalue weighted by Gasteiger charge is -2.19. The smallest absolute Gasteiger partial charge is 0.101 e. The van der Waals surface area contributed by atoms with E-state index in [2.05, 4.69) is 35.7 Å². The second-order valence-electron chi connectivity index (χ2n) is 7.93. The molecule has 5 heteroatoms. The lowest BCUT2D eigenvalue weighted by molar-refractivity contribution is 0.603. The molecule has 1 aromatic carbocycles. The predicted molar refractivity (Wildman–Crippen MR) is 100 cm³/mol. The van der Waals surface area contributed by atoms with Crippen LogP contribution in [0.2, 0.25) is 24.7 Å². The van der Waals surface area contributed by atoms with Crippen molar-refractivity contribution in [1.29, 1.82) is 0 Å². The zero-order valence-electron chi connectivity index (χ0n) is 14.3. The molecule has 2 rings (SSSR count). The predicted octanol–water partition coefficient (Wildman–Crippen LogP) is 4.96. The highest BCUT2D eigenvalue weighted by molar-refractivity contribution is 7.84. The van der Waals surface area contributed by atoms with E-state index in [1.807, 2.05) is 45.0 Å². The van der Waals surface area contributed by atoms with Crippen molar-refractivity contribution in [2.75, 3.05) is 0 Å². The first kappa shape index (κ1) is 17.9. The molecule has 4 unspecified atom stereocenters. The Bertz CT molecular complexity index is 586. The summed E-state index contributed by atoms with van der Waals surface area (Å²) in [6.07, 6.45) is 2.26. The summed E-state index contributed by atoms with van der Waals surface area (Å²) in [6, 6.07) is 8.34. The molecule has 0 N–H and O–H groups in total. The van der Waals surface area contributed by atoms with E-state index in [0.29, 0.717) is 0 Å². The number of halogens is 1. The average Bonchev–Trinajstić information content (AvgIpc) is 3.08. The van der Waals surface area contributed by atoms with Crippen molar-refractivity contribution in [2.24, 2.45) is 0 Å². The van der Waals surface area contributed by atoms with Gasteiger partial charge in [-0.15, -0.1) is 0 Å². The second kappa shape index (κ2) is 6.23. The molecule has 0 amide bonds. The minimum Gasteiger partial charge on any atom is -0.242 e. The van der Waals surface area contributed by atoms with E-state index in [9.17, 15) is 4.21 Å². The Kier molecular flexibility index (Phi) is 5.08. The van der Waals surface area contributed by atoms with E-state index >= 15 is 0 Å². The van der Waals surface area contributed by atoms with Gasteiger partial charge in [-0.05, 0) is 38.5 Å². The summed E-state index contributed by atoms with van der Waals surface area (Å²) < 4.78 is 14.7. The maximum absolute atomic E-state index is 12.8. The van der Waals surface area contributed by atoms with Crippen molar-refractivity contribution < 1.29 is 4.21 Å². The Morgan fingerprint density at radius 2 is 1.73 bits per heavy atom. The van der Waals surface area contributed by atoms with Crippen LogP contribution in [0.5, 0.6) is 0 Å². The summed E-state index contributed by atoms with van der Waals surface area (Å²) in [7, 11) is -2.26. The fourth-order valence-electron chi connectivity index (χ4n) is 2.34. The van der Waals surface area contributed by atoms with Gasteiger partial charge in [0.25, 0.3) is 0 Å². The number of hydrogen-bond acceptors (Lipinski definition) is 1. The van der Waals surface area contributed by atoms with Gasteiger partial charge >= 0.3 is 0 Å². The van der Waals surface area contributed by atoms with Gasteiger partial charge in [-0.1, -0.05) is 55.2 Å². The number of rotatable bonds is 4. The zero-order chi connectivity index (χ0) is 16.7. The average molecular weight is 356 g/mol. The highest BCUT2D eigenvalue weighted by Crippen LogP contribution is 2.47. The summed E-state index contributed by atoms with van der Waals surface area (Å²) in [4.78, 5) is 0. The maximum atomic E-state index is 12.8. The third-order valence-electron chi connectivity index (χ3n) is 3.52. The molecule has 0 bridgehead atoms. The first-order valence-electron chi connectivity index (χ1n) is 7.66. The molecule has 1 aromatic rings. The SMILES string of the molecule is CC(C)(C)S(=O)N1C(/C=C/[Si](C)(C)C)C1c1ccc(Cl)cc1. The Hall–Kier alpha value is -0.423. The molecular formula is C17H26ClNOSSi. The van der Waals surface area contributed by atoms with Gasteiger partial charge < -0.3 is 0 Å². The van der Waals surface area contributed by atoms with Crippen LogP contribution in [0.3, 0.4) is 0 Å². The zero-order valence-corrected chi connectivity index (χ0v) is 16.8. The fourth-order valence-corrected chi connectivity index (χ4v) is 4.68. The van der Waals surface area contributed by atoms with Crippen LogP contribution in [-0.4, -0.2) is 27.4 Å². The summed E-state index contributed by atoms with van der Waals surface area (Å²) in [5.74, 6) is 0. The molecule has 1 aliphatic heterocycles. The van der Waals surface area contributed by atoms with Crippen LogP contribution in [0.25, 0.3) is 0 Å². The van der Waals surface area contributed by atoms with Crippen molar-refractivity contribution in [3.05, 3.63) is 46.6 Å². The highest BCUT2D eigenvalue weighted by atomic mass is 35.5. The van der Waals surface area contributed by atoms with Crippen molar-refractivity contribution in [1.82, 2.24) is 4.31 Å². The Morgan fingerprint density at radius 1 is 1.18 bits per heavy atom. The maximum Gasteiger partial charge on any atom is 0.101 e. The molecule has 0 aromatic heterocycles. The number of benzene rings is 1. The number of hydrogen-bond donors (Lipinski definition) is 0. The first-order valence-corrected chi connectivity index (χ1v) is 12.7. The van der Waals surface area contributed by atoms with Gasteiger partial charge in [0.05, 0.1) is 24.9 Å². The van der Waals surface area contributed by atoms with Crippen molar-refractivity contribution in [3.63, 3.8) is 0 Å². The van der Waals surface area contributed by atoms with Crippen molar-refractivity contribution in [3.8, 4) is 0 Å². The summed E-state index contributed by atoms with van der Waals surface area (Å²) in [5, 5.41) is 0.738. The van der Waals surface area contributed by atoms with Gasteiger partial charge in [-0.2, -0.15) is 0 Å². The fraction of sp³-hybridized carbons (Fsp3) is 0.529. The molecule has 0 radical (unpaired) electrons. The van der Waals surface area contributed by atoms with E-state index in [4.69, 9.17) is 11.6 Å². The summed E-state index contributed by atoms with van der Waals surface area (Å²) >= 11 is 5.98. The van der Waals surface area contributed by atoms with Crippen LogP contribution in [-0.2, 0) is 11.0 Å². The molecule has 1 saturated heterocycles. The Balaban J connectivity index is 2.27. The lowest BCUT2D eigenvalue weighted by atomic mass is 10.1. The van der Waals surface area contributed by atoms with Gasteiger partial charge in [-0.25, -0.2) is 8.51 Å². The second-order valence-corrected chi connectivity index (χ2v) is 15.6. The van der Waals surface area contributed by atoms with E-state index in [1.165, 1.54) is 5.56 Å². The molecule has 1 heterocycles. The normalized spacial score (nSPS) is 27.1. The monoisotopic (exact) mass is 355 g/mol. The van der Waals surface area contributed by atoms with Crippen LogP contribution in [0.1, 0.15) is 32.4 Å². The summed E-state index contributed by atoms with van der Waals surface area (Å²) in [5.41, 5.74) is 3.53. The molecule has 0 saturated carbocycles. The molecule has 0 spiro atoms. The minimum atomic E-state index is -1.26. The van der Waals surface area contributed by atoms with Gasteiger partial charge in [0.1, 0.15) is 11.0 Å². The van der Waals surface area contributed by atoms with Gasteiger partial charge in [0.15, 0.2) is 0 Å². The van der Waals surface area contributed by atoms with Crippen LogP contribution in [0.4, 0.5) is 0 Å². The first-order chi connectivity index (χ1) is 10.0. The molecule has 22 heavy (non-hydrogen) atoms. The topological polar surface area (TPSA) is 20.1 Å².